The van der Waals surface area contributed by atoms with Crippen molar-refractivity contribution in [1.29, 1.82) is 0 Å². The second-order valence-corrected chi connectivity index (χ2v) is 7.38. The Labute approximate surface area is 167 Å². The number of benzene rings is 1. The molecule has 0 unspecified atom stereocenters. The van der Waals surface area contributed by atoms with Crippen molar-refractivity contribution in [3.8, 4) is 0 Å². The lowest BCUT2D eigenvalue weighted by molar-refractivity contribution is -0.127. The number of hydrogen-bond acceptors (Lipinski definition) is 4. The molecule has 0 radical (unpaired) electrons. The van der Waals surface area contributed by atoms with E-state index in [2.05, 4.69) is 51.3 Å². The van der Waals surface area contributed by atoms with Crippen LogP contribution in [0.5, 0.6) is 0 Å². The lowest BCUT2D eigenvalue weighted by Gasteiger charge is -2.38. The normalized spacial score (nSPS) is 14.7. The fraction of sp³-hybridized carbons (Fsp3) is 0.550. The molecule has 28 heavy (non-hydrogen) atoms. The molecular weight excluding hydrogens is 356 g/mol. The van der Waals surface area contributed by atoms with Crippen molar-refractivity contribution in [3.05, 3.63) is 29.8 Å². The maximum Gasteiger partial charge on any atom is 0.243 e. The molecule has 1 aliphatic rings. The SMILES string of the molecule is Cc1cccc(N2CCN(C(=NCC(=O)N(C)C)NCC(=O)N(C)C)CC2)c1. The van der Waals surface area contributed by atoms with Gasteiger partial charge in [0.15, 0.2) is 5.96 Å². The van der Waals surface area contributed by atoms with Crippen molar-refractivity contribution >= 4 is 23.5 Å². The number of anilines is 1. The molecule has 0 spiro atoms. The number of hydrogen-bond donors (Lipinski definition) is 1. The fourth-order valence-electron chi connectivity index (χ4n) is 2.87. The van der Waals surface area contributed by atoms with Crippen LogP contribution in [-0.4, -0.2) is 99.9 Å². The minimum atomic E-state index is -0.0726. The molecule has 0 aliphatic carbocycles. The van der Waals surface area contributed by atoms with Crippen molar-refractivity contribution < 1.29 is 9.59 Å². The van der Waals surface area contributed by atoms with E-state index in [1.54, 1.807) is 28.2 Å². The molecule has 1 aromatic rings. The van der Waals surface area contributed by atoms with E-state index in [0.29, 0.717) is 5.96 Å². The highest BCUT2D eigenvalue weighted by molar-refractivity contribution is 5.88. The number of aryl methyl sites for hydroxylation is 1. The van der Waals surface area contributed by atoms with E-state index in [0.717, 1.165) is 26.2 Å². The molecule has 154 valence electrons. The van der Waals surface area contributed by atoms with Crippen LogP contribution in [0.3, 0.4) is 0 Å². The predicted molar refractivity (Wildman–Crippen MR) is 113 cm³/mol. The largest absolute Gasteiger partial charge is 0.368 e. The minimum absolute atomic E-state index is 0.0370. The van der Waals surface area contributed by atoms with Crippen LogP contribution < -0.4 is 10.2 Å². The first-order valence-corrected chi connectivity index (χ1v) is 9.53. The smallest absolute Gasteiger partial charge is 0.243 e. The number of likely N-dealkylation sites (N-methyl/N-ethyl adjacent to an activating group) is 2. The number of aliphatic imine (C=N–C) groups is 1. The second kappa shape index (κ2) is 9.96. The van der Waals surface area contributed by atoms with Gasteiger partial charge in [-0.1, -0.05) is 12.1 Å². The van der Waals surface area contributed by atoms with Crippen molar-refractivity contribution in [2.45, 2.75) is 6.92 Å². The average molecular weight is 389 g/mol. The van der Waals surface area contributed by atoms with Crippen LogP contribution >= 0.6 is 0 Å². The monoisotopic (exact) mass is 388 g/mol. The third kappa shape index (κ3) is 6.14. The molecule has 8 nitrogen and oxygen atoms in total. The molecule has 8 heteroatoms. The zero-order valence-corrected chi connectivity index (χ0v) is 17.6. The lowest BCUT2D eigenvalue weighted by Crippen LogP contribution is -2.54. The van der Waals surface area contributed by atoms with Gasteiger partial charge in [-0.05, 0) is 24.6 Å². The molecule has 1 heterocycles. The van der Waals surface area contributed by atoms with Gasteiger partial charge >= 0.3 is 0 Å². The summed E-state index contributed by atoms with van der Waals surface area (Å²) in [5.41, 5.74) is 2.46. The topological polar surface area (TPSA) is 71.5 Å². The van der Waals surface area contributed by atoms with Crippen molar-refractivity contribution in [3.63, 3.8) is 0 Å². The zero-order valence-electron chi connectivity index (χ0n) is 17.6. The highest BCUT2D eigenvalue weighted by Gasteiger charge is 2.21. The van der Waals surface area contributed by atoms with Gasteiger partial charge in [0.2, 0.25) is 11.8 Å². The van der Waals surface area contributed by atoms with E-state index >= 15 is 0 Å². The van der Waals surface area contributed by atoms with Gasteiger partial charge in [0.25, 0.3) is 0 Å². The van der Waals surface area contributed by atoms with Crippen molar-refractivity contribution in [2.24, 2.45) is 4.99 Å². The predicted octanol–water partition coefficient (Wildman–Crippen LogP) is 0.239. The summed E-state index contributed by atoms with van der Waals surface area (Å²) in [6, 6.07) is 8.49. The Morgan fingerprint density at radius 2 is 1.68 bits per heavy atom. The van der Waals surface area contributed by atoms with Gasteiger partial charge in [0, 0.05) is 60.1 Å². The van der Waals surface area contributed by atoms with Crippen LogP contribution in [0, 0.1) is 6.92 Å². The maximum atomic E-state index is 12.0. The number of nitrogens with zero attached hydrogens (tertiary/aromatic N) is 5. The Kier molecular flexibility index (Phi) is 7.66. The Morgan fingerprint density at radius 1 is 1.04 bits per heavy atom. The first-order valence-electron chi connectivity index (χ1n) is 9.53. The van der Waals surface area contributed by atoms with Crippen LogP contribution in [0.4, 0.5) is 5.69 Å². The molecular formula is C20H32N6O2. The summed E-state index contributed by atoms with van der Waals surface area (Å²) in [5, 5.41) is 3.12. The van der Waals surface area contributed by atoms with Crippen LogP contribution in [0.15, 0.2) is 29.3 Å². The van der Waals surface area contributed by atoms with Crippen LogP contribution in [0.2, 0.25) is 0 Å². The van der Waals surface area contributed by atoms with Gasteiger partial charge in [-0.2, -0.15) is 0 Å². The molecule has 0 saturated carbocycles. The standard InChI is InChI=1S/C20H32N6O2/c1-16-7-6-8-17(13-16)25-9-11-26(12-10-25)20(21-14-18(27)23(2)3)22-15-19(28)24(4)5/h6-8,13H,9-12,14-15H2,1-5H3,(H,21,22). The highest BCUT2D eigenvalue weighted by Crippen LogP contribution is 2.17. The lowest BCUT2D eigenvalue weighted by atomic mass is 10.2. The third-order valence-corrected chi connectivity index (χ3v) is 4.71. The molecule has 1 saturated heterocycles. The fourth-order valence-corrected chi connectivity index (χ4v) is 2.87. The molecule has 1 aromatic carbocycles. The summed E-state index contributed by atoms with van der Waals surface area (Å²) in [7, 11) is 6.86. The summed E-state index contributed by atoms with van der Waals surface area (Å²) in [5.74, 6) is 0.496. The summed E-state index contributed by atoms with van der Waals surface area (Å²) >= 11 is 0. The van der Waals surface area contributed by atoms with Gasteiger partial charge in [0.1, 0.15) is 6.54 Å². The molecule has 1 N–H and O–H groups in total. The molecule has 1 aliphatic heterocycles. The third-order valence-electron chi connectivity index (χ3n) is 4.71. The number of rotatable bonds is 5. The molecule has 0 aromatic heterocycles. The van der Waals surface area contributed by atoms with E-state index in [1.165, 1.54) is 21.1 Å². The van der Waals surface area contributed by atoms with E-state index in [1.807, 2.05) is 0 Å². The Morgan fingerprint density at radius 3 is 2.25 bits per heavy atom. The Hall–Kier alpha value is -2.77. The van der Waals surface area contributed by atoms with E-state index < -0.39 is 0 Å². The number of guanidine groups is 1. The van der Waals surface area contributed by atoms with E-state index in [-0.39, 0.29) is 24.9 Å². The summed E-state index contributed by atoms with van der Waals surface area (Å²) < 4.78 is 0. The number of piperazine rings is 1. The van der Waals surface area contributed by atoms with Crippen LogP contribution in [0.25, 0.3) is 0 Å². The van der Waals surface area contributed by atoms with Gasteiger partial charge in [0.05, 0.1) is 6.54 Å². The minimum Gasteiger partial charge on any atom is -0.368 e. The number of carbonyl (C=O) groups excluding carboxylic acids is 2. The van der Waals surface area contributed by atoms with Crippen LogP contribution in [-0.2, 0) is 9.59 Å². The van der Waals surface area contributed by atoms with Crippen molar-refractivity contribution in [2.75, 3.05) is 72.4 Å². The zero-order chi connectivity index (χ0) is 20.7. The van der Waals surface area contributed by atoms with E-state index in [9.17, 15) is 9.59 Å². The quantitative estimate of drug-likeness (QED) is 0.578. The summed E-state index contributed by atoms with van der Waals surface area (Å²) in [6.45, 7) is 5.56. The highest BCUT2D eigenvalue weighted by atomic mass is 16.2. The maximum absolute atomic E-state index is 12.0. The average Bonchev–Trinajstić information content (AvgIpc) is 2.67. The van der Waals surface area contributed by atoms with Gasteiger partial charge in [-0.25, -0.2) is 4.99 Å². The Balaban J connectivity index is 2.03. The summed E-state index contributed by atoms with van der Waals surface area (Å²) in [6.07, 6.45) is 0. The number of carbonyl (C=O) groups is 2. The van der Waals surface area contributed by atoms with Gasteiger partial charge in [-0.15, -0.1) is 0 Å². The van der Waals surface area contributed by atoms with Gasteiger partial charge in [-0.3, -0.25) is 9.59 Å². The molecule has 0 atom stereocenters. The second-order valence-electron chi connectivity index (χ2n) is 7.38. The molecule has 1 fully saturated rings. The molecule has 2 rings (SSSR count). The number of nitrogens with one attached hydrogen (secondary N) is 1. The first-order chi connectivity index (χ1) is 13.3. The molecule has 2 amide bonds. The summed E-state index contributed by atoms with van der Waals surface area (Å²) in [4.78, 5) is 35.9. The first kappa shape index (κ1) is 21.5. The number of amides is 2. The van der Waals surface area contributed by atoms with Crippen molar-refractivity contribution in [1.82, 2.24) is 20.0 Å². The van der Waals surface area contributed by atoms with Gasteiger partial charge < -0.3 is 24.9 Å². The molecule has 0 bridgehead atoms. The van der Waals surface area contributed by atoms with E-state index in [4.69, 9.17) is 0 Å². The van der Waals surface area contributed by atoms with Crippen LogP contribution in [0.1, 0.15) is 5.56 Å². The Bertz CT molecular complexity index is 708.